The van der Waals surface area contributed by atoms with Crippen LogP contribution in [0.4, 0.5) is 5.69 Å². The van der Waals surface area contributed by atoms with Crippen LogP contribution in [0.1, 0.15) is 28.8 Å². The number of hydrogen-bond acceptors (Lipinski definition) is 4. The zero-order valence-electron chi connectivity index (χ0n) is 16.5. The number of primary amides is 1. The summed E-state index contributed by atoms with van der Waals surface area (Å²) in [6.45, 7) is 2.40. The molecule has 1 fully saturated rings. The molecule has 2 amide bonds. The van der Waals surface area contributed by atoms with E-state index in [1.54, 1.807) is 18.3 Å². The molecule has 30 heavy (non-hydrogen) atoms. The number of pyridine rings is 1. The number of anilines is 1. The van der Waals surface area contributed by atoms with Crippen LogP contribution in [0.25, 0.3) is 10.9 Å². The molecule has 0 radical (unpaired) electrons. The zero-order chi connectivity index (χ0) is 21.1. The Bertz CT molecular complexity index is 1080. The average Bonchev–Trinajstić information content (AvgIpc) is 2.74. The molecule has 154 valence electrons. The van der Waals surface area contributed by atoms with Crippen LogP contribution >= 0.6 is 11.6 Å². The first kappa shape index (κ1) is 20.3. The number of nitrogens with zero attached hydrogens (tertiary/aromatic N) is 2. The van der Waals surface area contributed by atoms with E-state index in [1.165, 1.54) is 0 Å². The molecule has 1 saturated heterocycles. The number of likely N-dealkylation sites (tertiary alicyclic amines) is 1. The SMILES string of the molecule is NC(=O)C1CCCN(Cc2ccc(NC(=O)c3cc(Cl)cc4cccnc34)cc2)C1. The second kappa shape index (κ2) is 8.81. The molecule has 1 aliphatic heterocycles. The van der Waals surface area contributed by atoms with E-state index >= 15 is 0 Å². The number of halogens is 1. The Hall–Kier alpha value is -2.96. The molecule has 1 aliphatic rings. The van der Waals surface area contributed by atoms with Gasteiger partial charge >= 0.3 is 0 Å². The lowest BCUT2D eigenvalue weighted by Gasteiger charge is -2.31. The van der Waals surface area contributed by atoms with Gasteiger partial charge in [-0.25, -0.2) is 0 Å². The van der Waals surface area contributed by atoms with Crippen LogP contribution in [-0.2, 0) is 11.3 Å². The number of rotatable bonds is 5. The molecule has 3 aromatic rings. The van der Waals surface area contributed by atoms with E-state index in [0.717, 1.165) is 36.9 Å². The monoisotopic (exact) mass is 422 g/mol. The van der Waals surface area contributed by atoms with Crippen molar-refractivity contribution >= 4 is 40.0 Å². The number of nitrogens with two attached hydrogens (primary N) is 1. The summed E-state index contributed by atoms with van der Waals surface area (Å²) in [5, 5.41) is 4.23. The molecular weight excluding hydrogens is 400 g/mol. The third-order valence-electron chi connectivity index (χ3n) is 5.44. The predicted octanol–water partition coefficient (Wildman–Crippen LogP) is 3.84. The lowest BCUT2D eigenvalue weighted by molar-refractivity contribution is -0.123. The van der Waals surface area contributed by atoms with E-state index in [0.29, 0.717) is 28.3 Å². The van der Waals surface area contributed by atoms with Gasteiger partial charge in [0.1, 0.15) is 0 Å². The number of carbonyl (C=O) groups is 2. The molecule has 6 nitrogen and oxygen atoms in total. The summed E-state index contributed by atoms with van der Waals surface area (Å²) in [7, 11) is 0. The van der Waals surface area contributed by atoms with Crippen molar-refractivity contribution in [2.45, 2.75) is 19.4 Å². The second-order valence-corrected chi connectivity index (χ2v) is 8.09. The standard InChI is InChI=1S/C23H23ClN4O2/c24-18-11-16-3-1-9-26-21(16)20(12-18)23(30)27-19-7-5-15(6-8-19)13-28-10-2-4-17(14-28)22(25)29/h1,3,5-9,11-12,17H,2,4,10,13-14H2,(H2,25,29)(H,27,30). The van der Waals surface area contributed by atoms with Gasteiger partial charge in [0, 0.05) is 35.4 Å². The number of amides is 2. The van der Waals surface area contributed by atoms with Crippen molar-refractivity contribution < 1.29 is 9.59 Å². The molecule has 4 rings (SSSR count). The molecule has 2 heterocycles. The van der Waals surface area contributed by atoms with Crippen LogP contribution in [0.15, 0.2) is 54.7 Å². The average molecular weight is 423 g/mol. The van der Waals surface area contributed by atoms with Crippen molar-refractivity contribution in [1.29, 1.82) is 0 Å². The number of aromatic nitrogens is 1. The Balaban J connectivity index is 1.44. The summed E-state index contributed by atoms with van der Waals surface area (Å²) in [6.07, 6.45) is 3.50. The van der Waals surface area contributed by atoms with Crippen molar-refractivity contribution in [3.8, 4) is 0 Å². The van der Waals surface area contributed by atoms with Crippen molar-refractivity contribution in [3.05, 3.63) is 70.9 Å². The van der Waals surface area contributed by atoms with Gasteiger partial charge in [0.25, 0.3) is 5.91 Å². The first-order valence-corrected chi connectivity index (χ1v) is 10.3. The van der Waals surface area contributed by atoms with Crippen LogP contribution in [0.5, 0.6) is 0 Å². The molecular formula is C23H23ClN4O2. The molecule has 1 atom stereocenters. The van der Waals surface area contributed by atoms with Gasteiger partial charge < -0.3 is 11.1 Å². The number of fused-ring (bicyclic) bond motifs is 1. The number of hydrogen-bond donors (Lipinski definition) is 2. The lowest BCUT2D eigenvalue weighted by Crippen LogP contribution is -2.40. The maximum absolute atomic E-state index is 12.8. The minimum atomic E-state index is -0.255. The van der Waals surface area contributed by atoms with E-state index < -0.39 is 0 Å². The summed E-state index contributed by atoms with van der Waals surface area (Å²) >= 11 is 6.17. The van der Waals surface area contributed by atoms with Crippen molar-refractivity contribution in [2.24, 2.45) is 11.7 Å². The van der Waals surface area contributed by atoms with Crippen molar-refractivity contribution in [2.75, 3.05) is 18.4 Å². The van der Waals surface area contributed by atoms with Crippen LogP contribution in [0, 0.1) is 5.92 Å². The van der Waals surface area contributed by atoms with Gasteiger partial charge in [0.05, 0.1) is 17.0 Å². The summed E-state index contributed by atoms with van der Waals surface area (Å²) in [6, 6.07) is 14.8. The van der Waals surface area contributed by atoms with Gasteiger partial charge in [-0.05, 0) is 55.3 Å². The fraction of sp³-hybridized carbons (Fsp3) is 0.261. The maximum Gasteiger partial charge on any atom is 0.257 e. The van der Waals surface area contributed by atoms with Gasteiger partial charge in [-0.3, -0.25) is 19.5 Å². The first-order chi connectivity index (χ1) is 14.5. The quantitative estimate of drug-likeness (QED) is 0.653. The Morgan fingerprint density at radius 3 is 2.77 bits per heavy atom. The molecule has 2 aromatic carbocycles. The minimum Gasteiger partial charge on any atom is -0.369 e. The molecule has 7 heteroatoms. The highest BCUT2D eigenvalue weighted by atomic mass is 35.5. The predicted molar refractivity (Wildman–Crippen MR) is 118 cm³/mol. The van der Waals surface area contributed by atoms with Crippen LogP contribution in [0.3, 0.4) is 0 Å². The van der Waals surface area contributed by atoms with Gasteiger partial charge in [0.15, 0.2) is 0 Å². The first-order valence-electron chi connectivity index (χ1n) is 9.96. The third kappa shape index (κ3) is 4.61. The van der Waals surface area contributed by atoms with Gasteiger partial charge in [-0.1, -0.05) is 29.8 Å². The Kier molecular flexibility index (Phi) is 5.97. The van der Waals surface area contributed by atoms with Crippen LogP contribution < -0.4 is 11.1 Å². The Morgan fingerprint density at radius 2 is 2.00 bits per heavy atom. The van der Waals surface area contributed by atoms with Gasteiger partial charge in [-0.15, -0.1) is 0 Å². The highest BCUT2D eigenvalue weighted by molar-refractivity contribution is 6.32. The van der Waals surface area contributed by atoms with Gasteiger partial charge in [-0.2, -0.15) is 0 Å². The van der Waals surface area contributed by atoms with Crippen molar-refractivity contribution in [3.63, 3.8) is 0 Å². The molecule has 1 aromatic heterocycles. The lowest BCUT2D eigenvalue weighted by atomic mass is 9.97. The molecule has 0 spiro atoms. The smallest absolute Gasteiger partial charge is 0.257 e. The van der Waals surface area contributed by atoms with Crippen LogP contribution in [0.2, 0.25) is 5.02 Å². The number of nitrogens with one attached hydrogen (secondary N) is 1. The van der Waals surface area contributed by atoms with E-state index in [4.69, 9.17) is 17.3 Å². The van der Waals surface area contributed by atoms with E-state index in [9.17, 15) is 9.59 Å². The van der Waals surface area contributed by atoms with E-state index in [2.05, 4.69) is 15.2 Å². The third-order valence-corrected chi connectivity index (χ3v) is 5.66. The second-order valence-electron chi connectivity index (χ2n) is 7.66. The molecule has 1 unspecified atom stereocenters. The normalized spacial score (nSPS) is 17.0. The highest BCUT2D eigenvalue weighted by Crippen LogP contribution is 2.24. The summed E-state index contributed by atoms with van der Waals surface area (Å²) in [4.78, 5) is 30.9. The molecule has 0 bridgehead atoms. The minimum absolute atomic E-state index is 0.0709. The summed E-state index contributed by atoms with van der Waals surface area (Å²) in [5.41, 5.74) is 8.33. The molecule has 0 saturated carbocycles. The summed E-state index contributed by atoms with van der Waals surface area (Å²) < 4.78 is 0. The highest BCUT2D eigenvalue weighted by Gasteiger charge is 2.23. The molecule has 3 N–H and O–H groups in total. The largest absolute Gasteiger partial charge is 0.369 e. The van der Waals surface area contributed by atoms with E-state index in [-0.39, 0.29) is 17.7 Å². The maximum atomic E-state index is 12.8. The zero-order valence-corrected chi connectivity index (χ0v) is 17.2. The number of benzene rings is 2. The molecule has 0 aliphatic carbocycles. The van der Waals surface area contributed by atoms with E-state index in [1.807, 2.05) is 36.4 Å². The summed E-state index contributed by atoms with van der Waals surface area (Å²) in [5.74, 6) is -0.548. The topological polar surface area (TPSA) is 88.3 Å². The van der Waals surface area contributed by atoms with Crippen molar-refractivity contribution in [1.82, 2.24) is 9.88 Å². The fourth-order valence-electron chi connectivity index (χ4n) is 3.91. The number of carbonyl (C=O) groups excluding carboxylic acids is 2. The fourth-order valence-corrected chi connectivity index (χ4v) is 4.14. The van der Waals surface area contributed by atoms with Crippen LogP contribution in [-0.4, -0.2) is 34.8 Å². The number of piperidine rings is 1. The van der Waals surface area contributed by atoms with Gasteiger partial charge in [0.2, 0.25) is 5.91 Å². The Morgan fingerprint density at radius 1 is 1.20 bits per heavy atom. The Labute approximate surface area is 180 Å².